The average Bonchev–Trinajstić information content (AvgIpc) is 2.12. The molecule has 1 heterocycles. The zero-order valence-corrected chi connectivity index (χ0v) is 8.14. The molecule has 0 radical (unpaired) electrons. The van der Waals surface area contributed by atoms with Crippen LogP contribution in [0.1, 0.15) is 12.0 Å². The van der Waals surface area contributed by atoms with Gasteiger partial charge in [0.1, 0.15) is 5.82 Å². The first-order valence-electron chi connectivity index (χ1n) is 4.93. The Bertz CT molecular complexity index is 347. The molecular formula is C11H12F3N. The molecule has 0 aromatic heterocycles. The van der Waals surface area contributed by atoms with Crippen molar-refractivity contribution in [2.75, 3.05) is 13.1 Å². The third-order valence-electron chi connectivity index (χ3n) is 2.68. The van der Waals surface area contributed by atoms with E-state index < -0.39 is 17.3 Å². The van der Waals surface area contributed by atoms with Crippen molar-refractivity contribution in [2.24, 2.45) is 5.92 Å². The Kier molecular flexibility index (Phi) is 2.69. The van der Waals surface area contributed by atoms with Crippen molar-refractivity contribution in [3.05, 3.63) is 35.6 Å². The lowest BCUT2D eigenvalue weighted by molar-refractivity contribution is -0.0385. The van der Waals surface area contributed by atoms with Crippen molar-refractivity contribution in [3.8, 4) is 0 Å². The molecule has 1 fully saturated rings. The summed E-state index contributed by atoms with van der Waals surface area (Å²) in [5.74, 6) is -3.92. The first kappa shape index (κ1) is 10.5. The van der Waals surface area contributed by atoms with Gasteiger partial charge in [0.2, 0.25) is 0 Å². The van der Waals surface area contributed by atoms with Gasteiger partial charge >= 0.3 is 0 Å². The van der Waals surface area contributed by atoms with E-state index in [1.54, 1.807) is 0 Å². The van der Waals surface area contributed by atoms with Gasteiger partial charge in [0, 0.05) is 6.42 Å². The fourth-order valence-electron chi connectivity index (χ4n) is 1.72. The van der Waals surface area contributed by atoms with Crippen molar-refractivity contribution in [1.29, 1.82) is 0 Å². The summed E-state index contributed by atoms with van der Waals surface area (Å²) < 4.78 is 40.4. The van der Waals surface area contributed by atoms with Crippen molar-refractivity contribution in [2.45, 2.75) is 12.3 Å². The van der Waals surface area contributed by atoms with E-state index in [4.69, 9.17) is 0 Å². The van der Waals surface area contributed by atoms with E-state index in [1.165, 1.54) is 12.1 Å². The van der Waals surface area contributed by atoms with E-state index >= 15 is 0 Å². The fourth-order valence-corrected chi connectivity index (χ4v) is 1.72. The van der Waals surface area contributed by atoms with E-state index in [1.807, 2.05) is 0 Å². The van der Waals surface area contributed by atoms with Gasteiger partial charge in [-0.15, -0.1) is 0 Å². The maximum absolute atomic E-state index is 13.6. The Balaban J connectivity index is 2.16. The van der Waals surface area contributed by atoms with Gasteiger partial charge in [0.25, 0.3) is 5.92 Å². The quantitative estimate of drug-likeness (QED) is 0.817. The monoisotopic (exact) mass is 215 g/mol. The highest BCUT2D eigenvalue weighted by Gasteiger charge is 2.38. The summed E-state index contributed by atoms with van der Waals surface area (Å²) in [5.41, 5.74) is -0.489. The van der Waals surface area contributed by atoms with E-state index in [2.05, 4.69) is 5.32 Å². The van der Waals surface area contributed by atoms with Crippen molar-refractivity contribution in [1.82, 2.24) is 5.32 Å². The van der Waals surface area contributed by atoms with Crippen LogP contribution < -0.4 is 5.32 Å². The van der Waals surface area contributed by atoms with Crippen molar-refractivity contribution in [3.63, 3.8) is 0 Å². The highest BCUT2D eigenvalue weighted by atomic mass is 19.3. The average molecular weight is 215 g/mol. The second-order valence-electron chi connectivity index (χ2n) is 3.91. The second kappa shape index (κ2) is 3.85. The third kappa shape index (κ3) is 2.15. The summed E-state index contributed by atoms with van der Waals surface area (Å²) in [4.78, 5) is 0. The zero-order valence-electron chi connectivity index (χ0n) is 8.14. The standard InChI is InChI=1S/C11H12F3N/c12-10-4-2-1-3-9(10)11(13,14)5-8-6-15-7-8/h1-4,8,15H,5-7H2. The molecule has 0 saturated carbocycles. The van der Waals surface area contributed by atoms with Crippen LogP contribution in [0.2, 0.25) is 0 Å². The molecule has 0 aliphatic carbocycles. The number of alkyl halides is 2. The summed E-state index contributed by atoms with van der Waals surface area (Å²) in [7, 11) is 0. The van der Waals surface area contributed by atoms with Gasteiger partial charge in [-0.05, 0) is 25.1 Å². The molecule has 0 amide bonds. The molecule has 1 aliphatic heterocycles. The van der Waals surface area contributed by atoms with Crippen LogP contribution in [0.5, 0.6) is 0 Å². The minimum atomic E-state index is -3.06. The molecule has 15 heavy (non-hydrogen) atoms. The molecule has 1 nitrogen and oxygen atoms in total. The van der Waals surface area contributed by atoms with Crippen LogP contribution in [0.25, 0.3) is 0 Å². The first-order chi connectivity index (χ1) is 7.09. The minimum absolute atomic E-state index is 0.0420. The summed E-state index contributed by atoms with van der Waals surface area (Å²) in [6, 6.07) is 5.08. The number of rotatable bonds is 3. The van der Waals surface area contributed by atoms with Gasteiger partial charge < -0.3 is 5.32 Å². The lowest BCUT2D eigenvalue weighted by atomic mass is 9.92. The topological polar surface area (TPSA) is 12.0 Å². The summed E-state index contributed by atoms with van der Waals surface area (Å²) >= 11 is 0. The largest absolute Gasteiger partial charge is 0.316 e. The number of benzene rings is 1. The Labute approximate surface area is 86.3 Å². The maximum atomic E-state index is 13.6. The number of hydrogen-bond acceptors (Lipinski definition) is 1. The predicted molar refractivity (Wildman–Crippen MR) is 51.3 cm³/mol. The molecule has 0 spiro atoms. The van der Waals surface area contributed by atoms with E-state index in [0.29, 0.717) is 13.1 Å². The maximum Gasteiger partial charge on any atom is 0.276 e. The number of nitrogens with one attached hydrogen (secondary N) is 1. The molecule has 0 atom stereocenters. The molecular weight excluding hydrogens is 203 g/mol. The van der Waals surface area contributed by atoms with E-state index in [0.717, 1.165) is 12.1 Å². The number of halogens is 3. The summed E-state index contributed by atoms with van der Waals surface area (Å²) in [6.45, 7) is 1.20. The van der Waals surface area contributed by atoms with Crippen LogP contribution in [-0.4, -0.2) is 13.1 Å². The second-order valence-corrected chi connectivity index (χ2v) is 3.91. The van der Waals surface area contributed by atoms with Crippen LogP contribution in [-0.2, 0) is 5.92 Å². The molecule has 82 valence electrons. The lowest BCUT2D eigenvalue weighted by Gasteiger charge is -2.30. The van der Waals surface area contributed by atoms with Crippen LogP contribution in [0.3, 0.4) is 0 Å². The van der Waals surface area contributed by atoms with Gasteiger partial charge in [-0.2, -0.15) is 0 Å². The first-order valence-corrected chi connectivity index (χ1v) is 4.93. The Hall–Kier alpha value is -1.03. The molecule has 1 N–H and O–H groups in total. The van der Waals surface area contributed by atoms with Crippen LogP contribution >= 0.6 is 0 Å². The van der Waals surface area contributed by atoms with Crippen LogP contribution in [0, 0.1) is 11.7 Å². The molecule has 0 bridgehead atoms. The molecule has 1 saturated heterocycles. The lowest BCUT2D eigenvalue weighted by Crippen LogP contribution is -2.44. The Morgan fingerprint density at radius 1 is 1.27 bits per heavy atom. The van der Waals surface area contributed by atoms with Gasteiger partial charge in [-0.1, -0.05) is 18.2 Å². The molecule has 0 unspecified atom stereocenters. The molecule has 1 aliphatic rings. The van der Waals surface area contributed by atoms with Gasteiger partial charge in [0.05, 0.1) is 5.56 Å². The van der Waals surface area contributed by atoms with Gasteiger partial charge in [-0.3, -0.25) is 0 Å². The highest BCUT2D eigenvalue weighted by Crippen LogP contribution is 2.36. The summed E-state index contributed by atoms with van der Waals surface area (Å²) in [6.07, 6.45) is -0.277. The van der Waals surface area contributed by atoms with Crippen molar-refractivity contribution >= 4 is 0 Å². The normalized spacial score (nSPS) is 17.5. The summed E-state index contributed by atoms with van der Waals surface area (Å²) in [5, 5.41) is 2.92. The van der Waals surface area contributed by atoms with Crippen molar-refractivity contribution < 1.29 is 13.2 Å². The van der Waals surface area contributed by atoms with Gasteiger partial charge in [0.15, 0.2) is 0 Å². The smallest absolute Gasteiger partial charge is 0.276 e. The third-order valence-corrected chi connectivity index (χ3v) is 2.68. The van der Waals surface area contributed by atoms with Crippen LogP contribution in [0.4, 0.5) is 13.2 Å². The SMILES string of the molecule is Fc1ccccc1C(F)(F)CC1CNC1. The fraction of sp³-hybridized carbons (Fsp3) is 0.455. The Morgan fingerprint density at radius 3 is 2.47 bits per heavy atom. The zero-order chi connectivity index (χ0) is 10.9. The highest BCUT2D eigenvalue weighted by molar-refractivity contribution is 5.22. The molecule has 4 heteroatoms. The van der Waals surface area contributed by atoms with E-state index in [-0.39, 0.29) is 12.3 Å². The molecule has 1 aromatic rings. The Morgan fingerprint density at radius 2 is 1.93 bits per heavy atom. The molecule has 2 rings (SSSR count). The number of hydrogen-bond donors (Lipinski definition) is 1. The van der Waals surface area contributed by atoms with Crippen LogP contribution in [0.15, 0.2) is 24.3 Å². The molecule has 1 aromatic carbocycles. The predicted octanol–water partition coefficient (Wildman–Crippen LogP) is 2.53. The van der Waals surface area contributed by atoms with E-state index in [9.17, 15) is 13.2 Å². The van der Waals surface area contributed by atoms with Gasteiger partial charge in [-0.25, -0.2) is 13.2 Å². The minimum Gasteiger partial charge on any atom is -0.316 e.